The van der Waals surface area contributed by atoms with Gasteiger partial charge in [0.05, 0.1) is 6.10 Å². The van der Waals surface area contributed by atoms with Crippen molar-refractivity contribution in [2.75, 3.05) is 13.1 Å². The molecule has 1 N–H and O–H groups in total. The van der Waals surface area contributed by atoms with Crippen LogP contribution in [0.15, 0.2) is 22.6 Å². The number of likely N-dealkylation sites (tertiary alicyclic amines) is 1. The topological polar surface area (TPSA) is 53.7 Å². The molecule has 1 aliphatic rings. The average molecular weight is 273 g/mol. The molecule has 1 aromatic heterocycles. The molecule has 4 nitrogen and oxygen atoms in total. The van der Waals surface area contributed by atoms with Crippen molar-refractivity contribution in [1.29, 1.82) is 0 Å². The van der Waals surface area contributed by atoms with Crippen LogP contribution in [0.2, 0.25) is 0 Å². The predicted octanol–water partition coefficient (Wildman–Crippen LogP) is 2.65. The van der Waals surface area contributed by atoms with Crippen molar-refractivity contribution < 1.29 is 14.3 Å². The lowest BCUT2D eigenvalue weighted by molar-refractivity contribution is 0.0522. The standard InChI is InChI=1S/C16H19NO3/c1-10-7-12-9-15(20-14(12)8-11(10)2)16(19)17-5-3-13(18)4-6-17/h7-9,13,18H,3-6H2,1-2H3. The lowest BCUT2D eigenvalue weighted by Gasteiger charge is -2.28. The second-order valence-electron chi connectivity index (χ2n) is 5.61. The van der Waals surface area contributed by atoms with Crippen LogP contribution >= 0.6 is 0 Å². The van der Waals surface area contributed by atoms with Gasteiger partial charge in [0.15, 0.2) is 5.76 Å². The molecular formula is C16H19NO3. The number of aliphatic hydroxyl groups is 1. The number of carbonyl (C=O) groups excluding carboxylic acids is 1. The molecule has 2 heterocycles. The minimum absolute atomic E-state index is 0.0802. The van der Waals surface area contributed by atoms with Crippen molar-refractivity contribution in [2.24, 2.45) is 0 Å². The van der Waals surface area contributed by atoms with E-state index in [1.165, 1.54) is 5.56 Å². The fraction of sp³-hybridized carbons (Fsp3) is 0.438. The molecule has 0 saturated carbocycles. The minimum Gasteiger partial charge on any atom is -0.451 e. The van der Waals surface area contributed by atoms with E-state index in [9.17, 15) is 9.90 Å². The first-order valence-electron chi connectivity index (χ1n) is 7.03. The van der Waals surface area contributed by atoms with Crippen LogP contribution in [0.4, 0.5) is 0 Å². The Morgan fingerprint density at radius 2 is 1.85 bits per heavy atom. The molecule has 20 heavy (non-hydrogen) atoms. The molecule has 4 heteroatoms. The smallest absolute Gasteiger partial charge is 0.289 e. The Labute approximate surface area is 118 Å². The predicted molar refractivity (Wildman–Crippen MR) is 76.8 cm³/mol. The summed E-state index contributed by atoms with van der Waals surface area (Å²) >= 11 is 0. The molecular weight excluding hydrogens is 254 g/mol. The molecule has 0 radical (unpaired) electrons. The highest BCUT2D eigenvalue weighted by atomic mass is 16.3. The van der Waals surface area contributed by atoms with Crippen molar-refractivity contribution in [2.45, 2.75) is 32.8 Å². The maximum Gasteiger partial charge on any atom is 0.289 e. The van der Waals surface area contributed by atoms with Gasteiger partial charge in [-0.1, -0.05) is 0 Å². The number of furan rings is 1. The van der Waals surface area contributed by atoms with Gasteiger partial charge in [0.25, 0.3) is 5.91 Å². The Morgan fingerprint density at radius 1 is 1.20 bits per heavy atom. The number of aliphatic hydroxyl groups excluding tert-OH is 1. The normalized spacial score (nSPS) is 16.9. The molecule has 0 bridgehead atoms. The van der Waals surface area contributed by atoms with Gasteiger partial charge in [0, 0.05) is 18.5 Å². The minimum atomic E-state index is -0.278. The summed E-state index contributed by atoms with van der Waals surface area (Å²) in [6.07, 6.45) is 1.01. The zero-order chi connectivity index (χ0) is 14.3. The van der Waals surface area contributed by atoms with Gasteiger partial charge in [-0.15, -0.1) is 0 Å². The van der Waals surface area contributed by atoms with Gasteiger partial charge in [0.2, 0.25) is 0 Å². The Hall–Kier alpha value is -1.81. The van der Waals surface area contributed by atoms with E-state index < -0.39 is 0 Å². The summed E-state index contributed by atoms with van der Waals surface area (Å²) in [5.74, 6) is 0.310. The van der Waals surface area contributed by atoms with Crippen molar-refractivity contribution in [3.63, 3.8) is 0 Å². The monoisotopic (exact) mass is 273 g/mol. The molecule has 1 fully saturated rings. The van der Waals surface area contributed by atoms with Crippen LogP contribution in [-0.2, 0) is 0 Å². The maximum atomic E-state index is 12.4. The van der Waals surface area contributed by atoms with Gasteiger partial charge in [0.1, 0.15) is 5.58 Å². The second-order valence-corrected chi connectivity index (χ2v) is 5.61. The van der Waals surface area contributed by atoms with E-state index in [0.29, 0.717) is 31.7 Å². The Kier molecular flexibility index (Phi) is 3.26. The number of hydrogen-bond donors (Lipinski definition) is 1. The molecule has 1 amide bonds. The lowest BCUT2D eigenvalue weighted by atomic mass is 10.1. The number of amides is 1. The first kappa shape index (κ1) is 13.2. The number of aryl methyl sites for hydroxylation is 2. The van der Waals surface area contributed by atoms with Crippen LogP contribution in [0.3, 0.4) is 0 Å². The van der Waals surface area contributed by atoms with E-state index in [0.717, 1.165) is 16.5 Å². The summed E-state index contributed by atoms with van der Waals surface area (Å²) in [5.41, 5.74) is 3.11. The quantitative estimate of drug-likeness (QED) is 0.869. The van der Waals surface area contributed by atoms with Gasteiger partial charge in [-0.05, 0) is 56.0 Å². The molecule has 1 aromatic carbocycles. The summed E-state index contributed by atoms with van der Waals surface area (Å²) in [5, 5.41) is 10.5. The second kappa shape index (κ2) is 4.94. The van der Waals surface area contributed by atoms with Crippen LogP contribution < -0.4 is 0 Å². The summed E-state index contributed by atoms with van der Waals surface area (Å²) in [6, 6.07) is 5.83. The fourth-order valence-corrected chi connectivity index (χ4v) is 2.63. The first-order chi connectivity index (χ1) is 9.54. The number of benzene rings is 1. The van der Waals surface area contributed by atoms with E-state index in [4.69, 9.17) is 4.42 Å². The molecule has 0 aliphatic carbocycles. The molecule has 1 aliphatic heterocycles. The van der Waals surface area contributed by atoms with Crippen LogP contribution in [0.5, 0.6) is 0 Å². The van der Waals surface area contributed by atoms with Gasteiger partial charge in [-0.2, -0.15) is 0 Å². The van der Waals surface area contributed by atoms with Crippen LogP contribution in [-0.4, -0.2) is 35.1 Å². The highest BCUT2D eigenvalue weighted by Gasteiger charge is 2.24. The van der Waals surface area contributed by atoms with Crippen molar-refractivity contribution in [3.05, 3.63) is 35.1 Å². The van der Waals surface area contributed by atoms with Gasteiger partial charge in [-0.3, -0.25) is 4.79 Å². The van der Waals surface area contributed by atoms with E-state index >= 15 is 0 Å². The third-order valence-electron chi connectivity index (χ3n) is 4.10. The average Bonchev–Trinajstić information content (AvgIpc) is 2.82. The van der Waals surface area contributed by atoms with E-state index in [1.54, 1.807) is 4.90 Å². The number of carbonyl (C=O) groups is 1. The zero-order valence-electron chi connectivity index (χ0n) is 11.8. The van der Waals surface area contributed by atoms with E-state index in [-0.39, 0.29) is 12.0 Å². The number of piperidine rings is 1. The number of rotatable bonds is 1. The summed E-state index contributed by atoms with van der Waals surface area (Å²) < 4.78 is 5.69. The molecule has 2 aromatic rings. The highest BCUT2D eigenvalue weighted by molar-refractivity contribution is 5.96. The molecule has 106 valence electrons. The van der Waals surface area contributed by atoms with E-state index in [1.807, 2.05) is 25.1 Å². The summed E-state index contributed by atoms with van der Waals surface area (Å²) in [4.78, 5) is 14.2. The zero-order valence-corrected chi connectivity index (χ0v) is 11.8. The summed E-state index contributed by atoms with van der Waals surface area (Å²) in [6.45, 7) is 5.27. The largest absolute Gasteiger partial charge is 0.451 e. The third kappa shape index (κ3) is 2.31. The third-order valence-corrected chi connectivity index (χ3v) is 4.10. The molecule has 3 rings (SSSR count). The maximum absolute atomic E-state index is 12.4. The Balaban J connectivity index is 1.88. The van der Waals surface area contributed by atoms with Crippen LogP contribution in [0.25, 0.3) is 11.0 Å². The van der Waals surface area contributed by atoms with Gasteiger partial charge in [-0.25, -0.2) is 0 Å². The molecule has 0 unspecified atom stereocenters. The van der Waals surface area contributed by atoms with Crippen LogP contribution in [0, 0.1) is 13.8 Å². The van der Waals surface area contributed by atoms with Gasteiger partial charge < -0.3 is 14.4 Å². The van der Waals surface area contributed by atoms with Crippen molar-refractivity contribution in [3.8, 4) is 0 Å². The lowest BCUT2D eigenvalue weighted by Crippen LogP contribution is -2.39. The fourth-order valence-electron chi connectivity index (χ4n) is 2.63. The van der Waals surface area contributed by atoms with Crippen molar-refractivity contribution >= 4 is 16.9 Å². The highest BCUT2D eigenvalue weighted by Crippen LogP contribution is 2.24. The molecule has 0 spiro atoms. The Bertz CT molecular complexity index is 612. The molecule has 1 saturated heterocycles. The van der Waals surface area contributed by atoms with Crippen LogP contribution in [0.1, 0.15) is 34.5 Å². The SMILES string of the molecule is Cc1cc2cc(C(=O)N3CCC(O)CC3)oc2cc1C. The number of hydrogen-bond acceptors (Lipinski definition) is 3. The Morgan fingerprint density at radius 3 is 2.55 bits per heavy atom. The molecule has 0 atom stereocenters. The summed E-state index contributed by atoms with van der Waals surface area (Å²) in [7, 11) is 0. The van der Waals surface area contributed by atoms with E-state index in [2.05, 4.69) is 6.92 Å². The van der Waals surface area contributed by atoms with Crippen molar-refractivity contribution in [1.82, 2.24) is 4.90 Å². The number of fused-ring (bicyclic) bond motifs is 1. The number of nitrogens with zero attached hydrogens (tertiary/aromatic N) is 1. The first-order valence-corrected chi connectivity index (χ1v) is 7.03. The van der Waals surface area contributed by atoms with Gasteiger partial charge >= 0.3 is 0 Å².